The molecule has 0 heterocycles. The molecule has 0 saturated heterocycles. The summed E-state index contributed by atoms with van der Waals surface area (Å²) in [6, 6.07) is 0. The van der Waals surface area contributed by atoms with E-state index in [1.54, 1.807) is 0 Å². The largest absolute Gasteiger partial charge is 0.364 e. The summed E-state index contributed by atoms with van der Waals surface area (Å²) in [6.07, 6.45) is 6.61. The van der Waals surface area contributed by atoms with Gasteiger partial charge in [0.25, 0.3) is 0 Å². The average molecular weight is 207 g/mol. The van der Waals surface area contributed by atoms with Gasteiger partial charge in [-0.1, -0.05) is 30.9 Å². The van der Waals surface area contributed by atoms with Crippen LogP contribution in [0.15, 0.2) is 0 Å². The van der Waals surface area contributed by atoms with Crippen molar-refractivity contribution in [2.45, 2.75) is 43.7 Å². The minimum Gasteiger partial charge on any atom is -0.364 e. The summed E-state index contributed by atoms with van der Waals surface area (Å²) in [4.78, 5) is 0. The highest BCUT2D eigenvalue weighted by Crippen LogP contribution is 2.35. The molecule has 0 bridgehead atoms. The van der Waals surface area contributed by atoms with Crippen LogP contribution >= 0.6 is 11.6 Å². The maximum atomic E-state index is 6.35. The summed E-state index contributed by atoms with van der Waals surface area (Å²) in [7, 11) is 0.942. The lowest BCUT2D eigenvalue weighted by Crippen LogP contribution is -2.36. The lowest BCUT2D eigenvalue weighted by molar-refractivity contribution is 0.0314. The second kappa shape index (κ2) is 4.63. The monoisotopic (exact) mass is 206 g/mol. The zero-order valence-corrected chi connectivity index (χ0v) is 10.9. The fourth-order valence-electron chi connectivity index (χ4n) is 2.02. The summed E-state index contributed by atoms with van der Waals surface area (Å²) < 4.78 is 5.33. The molecule has 0 aromatic rings. The van der Waals surface area contributed by atoms with Crippen LogP contribution in [0, 0.1) is 5.92 Å². The topological polar surface area (TPSA) is 9.23 Å². The second-order valence-electron chi connectivity index (χ2n) is 3.75. The predicted octanol–water partition coefficient (Wildman–Crippen LogP) is 1.86. The summed E-state index contributed by atoms with van der Waals surface area (Å²) in [5, 5.41) is 0. The van der Waals surface area contributed by atoms with Gasteiger partial charge in [0.15, 0.2) is 0 Å². The van der Waals surface area contributed by atoms with Crippen molar-refractivity contribution in [3.8, 4) is 0 Å². The fraction of sp³-hybridized carbons (Fsp3) is 1.00. The maximum absolute atomic E-state index is 6.35. The van der Waals surface area contributed by atoms with Gasteiger partial charge in [-0.2, -0.15) is 0 Å². The molecule has 72 valence electrons. The van der Waals surface area contributed by atoms with Gasteiger partial charge < -0.3 is 4.74 Å². The first-order valence-electron chi connectivity index (χ1n) is 4.99. The summed E-state index contributed by atoms with van der Waals surface area (Å²) >= 11 is 6.35. The van der Waals surface area contributed by atoms with Crippen LogP contribution in [0.2, 0.25) is 0 Å². The molecule has 0 aromatic heterocycles. The molecule has 1 atom stereocenters. The SMILES string of the molecule is CCOC([SiH3])(Cl)C1CCCCC1. The van der Waals surface area contributed by atoms with Crippen molar-refractivity contribution < 1.29 is 4.74 Å². The Kier molecular flexibility index (Phi) is 4.07. The third-order valence-corrected chi connectivity index (χ3v) is 4.28. The van der Waals surface area contributed by atoms with Crippen LogP contribution in [0.25, 0.3) is 0 Å². The van der Waals surface area contributed by atoms with Gasteiger partial charge in [-0.3, -0.25) is 0 Å². The van der Waals surface area contributed by atoms with Gasteiger partial charge in [-0.15, -0.1) is 0 Å². The van der Waals surface area contributed by atoms with E-state index in [4.69, 9.17) is 16.3 Å². The molecule has 1 aliphatic carbocycles. The van der Waals surface area contributed by atoms with Gasteiger partial charge in [0.05, 0.1) is 10.2 Å². The number of alkyl halides is 1. The Hall–Kier alpha value is 0.467. The van der Waals surface area contributed by atoms with E-state index in [0.717, 1.165) is 16.8 Å². The van der Waals surface area contributed by atoms with Crippen molar-refractivity contribution in [2.24, 2.45) is 5.92 Å². The molecule has 1 rings (SSSR count). The number of hydrogen-bond donors (Lipinski definition) is 0. The number of halogens is 1. The van der Waals surface area contributed by atoms with Crippen LogP contribution in [0.3, 0.4) is 0 Å². The third kappa shape index (κ3) is 2.75. The first-order chi connectivity index (χ1) is 5.67. The second-order valence-corrected chi connectivity index (χ2v) is 6.62. The molecule has 0 aromatic carbocycles. The molecule has 0 aliphatic heterocycles. The van der Waals surface area contributed by atoms with Gasteiger partial charge in [0.2, 0.25) is 0 Å². The molecule has 12 heavy (non-hydrogen) atoms. The minimum absolute atomic E-state index is 0.269. The molecule has 0 radical (unpaired) electrons. The Morgan fingerprint density at radius 3 is 2.50 bits per heavy atom. The van der Waals surface area contributed by atoms with E-state index in [2.05, 4.69) is 0 Å². The lowest BCUT2D eigenvalue weighted by atomic mass is 9.89. The van der Waals surface area contributed by atoms with Crippen LogP contribution in [0.4, 0.5) is 0 Å². The zero-order valence-electron chi connectivity index (χ0n) is 8.11. The Morgan fingerprint density at radius 1 is 1.42 bits per heavy atom. The maximum Gasteiger partial charge on any atom is 0.120 e. The van der Waals surface area contributed by atoms with Crippen molar-refractivity contribution in [1.82, 2.24) is 0 Å². The highest BCUT2D eigenvalue weighted by molar-refractivity contribution is 6.43. The molecular weight excluding hydrogens is 188 g/mol. The predicted molar refractivity (Wildman–Crippen MR) is 56.7 cm³/mol. The van der Waals surface area contributed by atoms with Crippen LogP contribution in [-0.2, 0) is 4.74 Å². The van der Waals surface area contributed by atoms with Gasteiger partial charge in [0.1, 0.15) is 4.68 Å². The average Bonchev–Trinajstić information content (AvgIpc) is 2.06. The normalized spacial score (nSPS) is 25.5. The number of ether oxygens (including phenoxy) is 1. The van der Waals surface area contributed by atoms with Crippen LogP contribution in [0.5, 0.6) is 0 Å². The van der Waals surface area contributed by atoms with Crippen LogP contribution in [-0.4, -0.2) is 21.5 Å². The smallest absolute Gasteiger partial charge is 0.120 e. The van der Waals surface area contributed by atoms with Gasteiger partial charge in [0, 0.05) is 6.61 Å². The molecule has 1 unspecified atom stereocenters. The molecule has 0 spiro atoms. The van der Waals surface area contributed by atoms with Crippen molar-refractivity contribution in [3.63, 3.8) is 0 Å². The highest BCUT2D eigenvalue weighted by Gasteiger charge is 2.32. The fourth-order valence-corrected chi connectivity index (χ4v) is 3.21. The number of rotatable bonds is 3. The van der Waals surface area contributed by atoms with Crippen LogP contribution < -0.4 is 0 Å². The molecule has 1 nitrogen and oxygen atoms in total. The van der Waals surface area contributed by atoms with Crippen molar-refractivity contribution in [3.05, 3.63) is 0 Å². The highest BCUT2D eigenvalue weighted by atomic mass is 35.5. The standard InChI is InChI=1S/C9H19ClOSi/c1-2-11-9(10,12)8-6-4-3-5-7-8/h8H,2-7H2,1,12H3. The Bertz CT molecular complexity index is 132. The van der Waals surface area contributed by atoms with Crippen molar-refractivity contribution in [1.29, 1.82) is 0 Å². The van der Waals surface area contributed by atoms with E-state index >= 15 is 0 Å². The molecule has 0 amide bonds. The summed E-state index contributed by atoms with van der Waals surface area (Å²) in [5.41, 5.74) is 0. The van der Waals surface area contributed by atoms with E-state index in [9.17, 15) is 0 Å². The molecule has 1 fully saturated rings. The van der Waals surface area contributed by atoms with Gasteiger partial charge in [-0.05, 0) is 25.7 Å². The van der Waals surface area contributed by atoms with Crippen molar-refractivity contribution >= 4 is 21.8 Å². The Balaban J connectivity index is 2.41. The number of hydrogen-bond acceptors (Lipinski definition) is 1. The molecule has 1 aliphatic rings. The van der Waals surface area contributed by atoms with Crippen molar-refractivity contribution in [2.75, 3.05) is 6.61 Å². The van der Waals surface area contributed by atoms with Crippen LogP contribution in [0.1, 0.15) is 39.0 Å². The first-order valence-corrected chi connectivity index (χ1v) is 6.37. The van der Waals surface area contributed by atoms with Gasteiger partial charge in [-0.25, -0.2) is 0 Å². The van der Waals surface area contributed by atoms with Gasteiger partial charge >= 0.3 is 0 Å². The summed E-state index contributed by atoms with van der Waals surface area (Å²) in [6.45, 7) is 2.78. The van der Waals surface area contributed by atoms with E-state index in [1.807, 2.05) is 6.92 Å². The lowest BCUT2D eigenvalue weighted by Gasteiger charge is -2.34. The zero-order chi connectivity index (χ0) is 9.03. The molecule has 0 N–H and O–H groups in total. The molecule has 1 saturated carbocycles. The Labute approximate surface area is 83.2 Å². The Morgan fingerprint density at radius 2 is 2.00 bits per heavy atom. The quantitative estimate of drug-likeness (QED) is 0.506. The third-order valence-electron chi connectivity index (χ3n) is 2.76. The van der Waals surface area contributed by atoms with E-state index in [0.29, 0.717) is 5.92 Å². The minimum atomic E-state index is -0.269. The van der Waals surface area contributed by atoms with E-state index < -0.39 is 0 Å². The summed E-state index contributed by atoms with van der Waals surface area (Å²) in [5.74, 6) is 0.625. The molecular formula is C9H19ClOSi. The van der Waals surface area contributed by atoms with E-state index in [-0.39, 0.29) is 4.68 Å². The first kappa shape index (κ1) is 10.5. The van der Waals surface area contributed by atoms with E-state index in [1.165, 1.54) is 32.1 Å². The molecule has 3 heteroatoms.